The van der Waals surface area contributed by atoms with E-state index in [0.29, 0.717) is 5.56 Å². The van der Waals surface area contributed by atoms with E-state index in [4.69, 9.17) is 4.74 Å². The minimum atomic E-state index is -0.161. The first-order valence-electron chi connectivity index (χ1n) is 12.5. The molecule has 6 rings (SSSR count). The predicted octanol–water partition coefficient (Wildman–Crippen LogP) is 8.31. The van der Waals surface area contributed by atoms with Crippen LogP contribution >= 0.6 is 0 Å². The van der Waals surface area contributed by atoms with Crippen molar-refractivity contribution in [2.45, 2.75) is 13.0 Å². The molecule has 1 atom stereocenters. The SMILES string of the molecule is COc1ccc2ccccc2c1-c1c(C(=O)N[C@@H](C)c2ccc3ccccc3c2)ccc2ccccc12. The van der Waals surface area contributed by atoms with Crippen molar-refractivity contribution in [3.63, 3.8) is 0 Å². The molecule has 0 heterocycles. The zero-order valence-electron chi connectivity index (χ0n) is 20.9. The highest BCUT2D eigenvalue weighted by Crippen LogP contribution is 2.42. The van der Waals surface area contributed by atoms with E-state index in [1.807, 2.05) is 61.5 Å². The van der Waals surface area contributed by atoms with Gasteiger partial charge in [-0.15, -0.1) is 0 Å². The molecule has 0 radical (unpaired) electrons. The maximum absolute atomic E-state index is 13.9. The van der Waals surface area contributed by atoms with Gasteiger partial charge in [-0.05, 0) is 63.0 Å². The molecule has 0 spiro atoms. The first kappa shape index (κ1) is 22.8. The predicted molar refractivity (Wildman–Crippen MR) is 153 cm³/mol. The van der Waals surface area contributed by atoms with Crippen molar-refractivity contribution in [3.05, 3.63) is 126 Å². The van der Waals surface area contributed by atoms with Crippen molar-refractivity contribution in [1.29, 1.82) is 0 Å². The van der Waals surface area contributed by atoms with Gasteiger partial charge in [0.2, 0.25) is 0 Å². The normalized spacial score (nSPS) is 12.1. The lowest BCUT2D eigenvalue weighted by atomic mass is 9.89. The Morgan fingerprint density at radius 2 is 1.22 bits per heavy atom. The summed E-state index contributed by atoms with van der Waals surface area (Å²) in [4.78, 5) is 13.9. The van der Waals surface area contributed by atoms with E-state index in [-0.39, 0.29) is 11.9 Å². The number of fused-ring (bicyclic) bond motifs is 3. The van der Waals surface area contributed by atoms with Gasteiger partial charge < -0.3 is 10.1 Å². The fraction of sp³-hybridized carbons (Fsp3) is 0.0882. The van der Waals surface area contributed by atoms with Gasteiger partial charge >= 0.3 is 0 Å². The molecule has 0 aliphatic rings. The second-order valence-electron chi connectivity index (χ2n) is 9.37. The molecule has 0 saturated heterocycles. The summed E-state index contributed by atoms with van der Waals surface area (Å²) in [5, 5.41) is 9.85. The number of ether oxygens (including phenoxy) is 1. The number of nitrogens with one attached hydrogen (secondary N) is 1. The lowest BCUT2D eigenvalue weighted by Crippen LogP contribution is -2.27. The van der Waals surface area contributed by atoms with Crippen LogP contribution in [0.3, 0.4) is 0 Å². The van der Waals surface area contributed by atoms with E-state index >= 15 is 0 Å². The van der Waals surface area contributed by atoms with Gasteiger partial charge in [0, 0.05) is 16.7 Å². The van der Waals surface area contributed by atoms with E-state index in [1.165, 1.54) is 5.39 Å². The number of hydrogen-bond donors (Lipinski definition) is 1. The Labute approximate surface area is 216 Å². The van der Waals surface area contributed by atoms with Crippen molar-refractivity contribution in [2.75, 3.05) is 7.11 Å². The van der Waals surface area contributed by atoms with Crippen LogP contribution in [-0.2, 0) is 0 Å². The van der Waals surface area contributed by atoms with Gasteiger partial charge in [0.25, 0.3) is 5.91 Å². The Bertz CT molecular complexity index is 1790. The Morgan fingerprint density at radius 3 is 1.92 bits per heavy atom. The summed E-state index contributed by atoms with van der Waals surface area (Å²) >= 11 is 0. The minimum Gasteiger partial charge on any atom is -0.496 e. The Hall–Kier alpha value is -4.63. The molecule has 1 amide bonds. The third kappa shape index (κ3) is 4.09. The molecule has 0 unspecified atom stereocenters. The monoisotopic (exact) mass is 481 g/mol. The number of carbonyl (C=O) groups excluding carboxylic acids is 1. The minimum absolute atomic E-state index is 0.114. The summed E-state index contributed by atoms with van der Waals surface area (Å²) in [6.07, 6.45) is 0. The van der Waals surface area contributed by atoms with Crippen LogP contribution in [0.25, 0.3) is 43.4 Å². The molecule has 0 aliphatic carbocycles. The van der Waals surface area contributed by atoms with Crippen LogP contribution in [0.1, 0.15) is 28.9 Å². The Balaban J connectivity index is 1.50. The van der Waals surface area contributed by atoms with E-state index in [9.17, 15) is 4.79 Å². The number of methoxy groups -OCH3 is 1. The highest BCUT2D eigenvalue weighted by molar-refractivity contribution is 6.15. The fourth-order valence-electron chi connectivity index (χ4n) is 5.24. The molecule has 180 valence electrons. The van der Waals surface area contributed by atoms with Gasteiger partial charge in [-0.2, -0.15) is 0 Å². The standard InChI is InChI=1S/C34H27NO2/c1-22(26-16-15-23-9-3-4-12-27(23)21-26)35-34(36)30-19-17-24-10-5-7-13-28(24)32(30)33-29-14-8-6-11-25(29)18-20-31(33)37-2/h3-22H,1-2H3,(H,35,36)/t22-/m0/s1. The summed E-state index contributed by atoms with van der Waals surface area (Å²) in [5.41, 5.74) is 3.51. The second-order valence-corrected chi connectivity index (χ2v) is 9.37. The first-order valence-corrected chi connectivity index (χ1v) is 12.5. The molecule has 0 saturated carbocycles. The summed E-state index contributed by atoms with van der Waals surface area (Å²) in [6.45, 7) is 2.03. The molecule has 0 aliphatic heterocycles. The topological polar surface area (TPSA) is 38.3 Å². The molecule has 3 nitrogen and oxygen atoms in total. The van der Waals surface area contributed by atoms with E-state index in [0.717, 1.165) is 49.4 Å². The fourth-order valence-corrected chi connectivity index (χ4v) is 5.24. The molecule has 6 aromatic rings. The second kappa shape index (κ2) is 9.44. The zero-order valence-corrected chi connectivity index (χ0v) is 20.9. The molecule has 1 N–H and O–H groups in total. The average molecular weight is 482 g/mol. The smallest absolute Gasteiger partial charge is 0.252 e. The quantitative estimate of drug-likeness (QED) is 0.269. The van der Waals surface area contributed by atoms with Gasteiger partial charge in [-0.3, -0.25) is 4.79 Å². The van der Waals surface area contributed by atoms with Crippen LogP contribution < -0.4 is 10.1 Å². The summed E-state index contributed by atoms with van der Waals surface area (Å²) < 4.78 is 5.85. The van der Waals surface area contributed by atoms with Crippen LogP contribution in [-0.4, -0.2) is 13.0 Å². The third-order valence-electron chi connectivity index (χ3n) is 7.16. The van der Waals surface area contributed by atoms with Crippen LogP contribution in [0.5, 0.6) is 5.75 Å². The zero-order chi connectivity index (χ0) is 25.4. The molecule has 6 aromatic carbocycles. The Kier molecular flexibility index (Phi) is 5.82. The van der Waals surface area contributed by atoms with Crippen LogP contribution in [0.15, 0.2) is 115 Å². The van der Waals surface area contributed by atoms with Crippen molar-refractivity contribution < 1.29 is 9.53 Å². The average Bonchev–Trinajstić information content (AvgIpc) is 2.95. The molecular weight excluding hydrogens is 454 g/mol. The third-order valence-corrected chi connectivity index (χ3v) is 7.16. The van der Waals surface area contributed by atoms with E-state index in [1.54, 1.807) is 7.11 Å². The van der Waals surface area contributed by atoms with Crippen LogP contribution in [0.4, 0.5) is 0 Å². The lowest BCUT2D eigenvalue weighted by Gasteiger charge is -2.20. The summed E-state index contributed by atoms with van der Waals surface area (Å²) in [7, 11) is 1.68. The van der Waals surface area contributed by atoms with E-state index < -0.39 is 0 Å². The molecule has 0 fully saturated rings. The first-order chi connectivity index (χ1) is 18.1. The largest absolute Gasteiger partial charge is 0.496 e. The molecule has 37 heavy (non-hydrogen) atoms. The number of hydrogen-bond acceptors (Lipinski definition) is 2. The van der Waals surface area contributed by atoms with Gasteiger partial charge in [-0.25, -0.2) is 0 Å². The van der Waals surface area contributed by atoms with Gasteiger partial charge in [0.05, 0.1) is 13.2 Å². The molecule has 3 heteroatoms. The maximum atomic E-state index is 13.9. The molecular formula is C34H27NO2. The van der Waals surface area contributed by atoms with Crippen molar-refractivity contribution >= 4 is 38.2 Å². The van der Waals surface area contributed by atoms with Crippen LogP contribution in [0, 0.1) is 0 Å². The summed E-state index contributed by atoms with van der Waals surface area (Å²) in [5.74, 6) is 0.628. The summed E-state index contributed by atoms with van der Waals surface area (Å²) in [6, 6.07) is 38.9. The number of carbonyl (C=O) groups is 1. The van der Waals surface area contributed by atoms with Gasteiger partial charge in [0.1, 0.15) is 5.75 Å². The van der Waals surface area contributed by atoms with E-state index in [2.05, 4.69) is 66.0 Å². The number of amides is 1. The van der Waals surface area contributed by atoms with Crippen molar-refractivity contribution in [1.82, 2.24) is 5.32 Å². The Morgan fingerprint density at radius 1 is 0.649 bits per heavy atom. The molecule has 0 bridgehead atoms. The van der Waals surface area contributed by atoms with Crippen molar-refractivity contribution in [3.8, 4) is 16.9 Å². The highest BCUT2D eigenvalue weighted by Gasteiger charge is 2.22. The highest BCUT2D eigenvalue weighted by atomic mass is 16.5. The number of rotatable bonds is 5. The van der Waals surface area contributed by atoms with Gasteiger partial charge in [-0.1, -0.05) is 97.1 Å². The van der Waals surface area contributed by atoms with Crippen LogP contribution in [0.2, 0.25) is 0 Å². The number of benzene rings is 6. The maximum Gasteiger partial charge on any atom is 0.252 e. The lowest BCUT2D eigenvalue weighted by molar-refractivity contribution is 0.0940. The van der Waals surface area contributed by atoms with Gasteiger partial charge in [0.15, 0.2) is 0 Å². The van der Waals surface area contributed by atoms with Crippen molar-refractivity contribution in [2.24, 2.45) is 0 Å². The molecule has 0 aromatic heterocycles.